The number of rotatable bonds is 5. The Balaban J connectivity index is 1.68. The number of nitrogens with zero attached hydrogens (tertiary/aromatic N) is 1. The minimum atomic E-state index is -0.449. The number of nitro benzene ring substituents is 1. The highest BCUT2D eigenvalue weighted by Gasteiger charge is 2.60. The molecule has 0 bridgehead atoms. The summed E-state index contributed by atoms with van der Waals surface area (Å²) in [5.74, 6) is -0.346. The third-order valence-corrected chi connectivity index (χ3v) is 6.10. The van der Waals surface area contributed by atoms with E-state index < -0.39 is 4.92 Å². The lowest BCUT2D eigenvalue weighted by Gasteiger charge is -2.20. The molecule has 3 aromatic rings. The van der Waals surface area contributed by atoms with Crippen LogP contribution in [0.15, 0.2) is 66.7 Å². The molecule has 152 valence electrons. The summed E-state index contributed by atoms with van der Waals surface area (Å²) in [4.78, 5) is 23.9. The Morgan fingerprint density at radius 1 is 0.933 bits per heavy atom. The van der Waals surface area contributed by atoms with E-state index in [1.165, 1.54) is 23.3 Å². The number of non-ortho nitro benzene ring substituents is 1. The van der Waals surface area contributed by atoms with E-state index in [4.69, 9.17) is 0 Å². The van der Waals surface area contributed by atoms with Gasteiger partial charge in [0.1, 0.15) is 0 Å². The summed E-state index contributed by atoms with van der Waals surface area (Å²) in [6, 6.07) is 21.2. The van der Waals surface area contributed by atoms with Crippen LogP contribution in [0.3, 0.4) is 0 Å². The molecule has 1 fully saturated rings. The first kappa shape index (κ1) is 19.8. The first-order valence-corrected chi connectivity index (χ1v) is 10.0. The van der Waals surface area contributed by atoms with Crippen molar-refractivity contribution in [2.75, 3.05) is 5.32 Å². The molecule has 1 saturated carbocycles. The maximum Gasteiger partial charge on any atom is 0.271 e. The molecule has 0 aromatic heterocycles. The average molecular weight is 400 g/mol. The molecule has 4 rings (SSSR count). The van der Waals surface area contributed by atoms with Crippen molar-refractivity contribution in [2.45, 2.75) is 32.6 Å². The van der Waals surface area contributed by atoms with Crippen LogP contribution >= 0.6 is 0 Å². The molecule has 1 aliphatic carbocycles. The van der Waals surface area contributed by atoms with Gasteiger partial charge in [-0.1, -0.05) is 65.7 Å². The van der Waals surface area contributed by atoms with E-state index in [2.05, 4.69) is 53.8 Å². The number of amides is 1. The summed E-state index contributed by atoms with van der Waals surface area (Å²) in [5, 5.41) is 14.1. The van der Waals surface area contributed by atoms with Gasteiger partial charge in [0, 0.05) is 17.5 Å². The zero-order chi connectivity index (χ0) is 21.5. The molecule has 0 aliphatic heterocycles. The third kappa shape index (κ3) is 3.47. The van der Waals surface area contributed by atoms with Gasteiger partial charge in [-0.2, -0.15) is 0 Å². The molecule has 5 heteroatoms. The van der Waals surface area contributed by atoms with Gasteiger partial charge in [-0.05, 0) is 43.9 Å². The van der Waals surface area contributed by atoms with Crippen LogP contribution in [0.1, 0.15) is 34.2 Å². The Kier molecular flexibility index (Phi) is 4.90. The van der Waals surface area contributed by atoms with Crippen LogP contribution < -0.4 is 5.32 Å². The van der Waals surface area contributed by atoms with Gasteiger partial charge < -0.3 is 5.32 Å². The second kappa shape index (κ2) is 7.41. The number of hydrogen-bond donors (Lipinski definition) is 1. The molecule has 1 atom stereocenters. The zero-order valence-electron chi connectivity index (χ0n) is 17.3. The molecule has 1 amide bonds. The minimum absolute atomic E-state index is 0.0324. The predicted molar refractivity (Wildman–Crippen MR) is 118 cm³/mol. The van der Waals surface area contributed by atoms with Crippen molar-refractivity contribution in [1.82, 2.24) is 0 Å². The molecule has 0 spiro atoms. The molecule has 1 aliphatic rings. The summed E-state index contributed by atoms with van der Waals surface area (Å²) in [7, 11) is 0. The van der Waals surface area contributed by atoms with Crippen molar-refractivity contribution in [2.24, 2.45) is 5.92 Å². The number of carbonyl (C=O) groups is 1. The highest BCUT2D eigenvalue weighted by Crippen LogP contribution is 2.59. The van der Waals surface area contributed by atoms with E-state index in [0.29, 0.717) is 12.1 Å². The maximum absolute atomic E-state index is 13.2. The monoisotopic (exact) mass is 400 g/mol. The van der Waals surface area contributed by atoms with Crippen LogP contribution in [0.4, 0.5) is 11.4 Å². The van der Waals surface area contributed by atoms with Crippen LogP contribution in [0, 0.1) is 36.8 Å². The van der Waals surface area contributed by atoms with Crippen molar-refractivity contribution in [3.63, 3.8) is 0 Å². The van der Waals surface area contributed by atoms with Crippen molar-refractivity contribution in [3.05, 3.63) is 105 Å². The van der Waals surface area contributed by atoms with Gasteiger partial charge >= 0.3 is 0 Å². The van der Waals surface area contributed by atoms with Crippen LogP contribution in [0.2, 0.25) is 0 Å². The summed E-state index contributed by atoms with van der Waals surface area (Å²) < 4.78 is 0. The highest BCUT2D eigenvalue weighted by atomic mass is 16.6. The van der Waals surface area contributed by atoms with Gasteiger partial charge in [-0.3, -0.25) is 14.9 Å². The molecule has 5 nitrogen and oxygen atoms in total. The standard InChI is InChI=1S/C25H24N2O3/c1-16-4-9-19(10-5-16)25(20-11-6-17(2)7-12-20)15-22(25)24(28)26-23-14-21(27(29)30)13-8-18(23)3/h4-14,22H,15H2,1-3H3,(H,26,28)/t22-/m0/s1. The Bertz CT molecular complexity index is 1070. The lowest BCUT2D eigenvalue weighted by Crippen LogP contribution is -2.22. The zero-order valence-corrected chi connectivity index (χ0v) is 17.3. The lowest BCUT2D eigenvalue weighted by atomic mass is 9.85. The Hall–Kier alpha value is -3.47. The van der Waals surface area contributed by atoms with E-state index >= 15 is 0 Å². The van der Waals surface area contributed by atoms with Gasteiger partial charge in [0.25, 0.3) is 5.69 Å². The molecule has 1 N–H and O–H groups in total. The Morgan fingerprint density at radius 3 is 1.97 bits per heavy atom. The number of carbonyl (C=O) groups excluding carboxylic acids is 1. The average Bonchev–Trinajstić information content (AvgIpc) is 3.47. The second-order valence-electron chi connectivity index (χ2n) is 8.21. The third-order valence-electron chi connectivity index (χ3n) is 6.10. The van der Waals surface area contributed by atoms with E-state index in [1.807, 2.05) is 20.8 Å². The number of nitro groups is 1. The molecule has 3 aromatic carbocycles. The molecular formula is C25H24N2O3. The Labute approximate surface area is 175 Å². The van der Waals surface area contributed by atoms with Crippen molar-refractivity contribution in [1.29, 1.82) is 0 Å². The van der Waals surface area contributed by atoms with Crippen LogP contribution in [-0.2, 0) is 10.2 Å². The van der Waals surface area contributed by atoms with Gasteiger partial charge in [0.2, 0.25) is 5.91 Å². The molecule has 0 saturated heterocycles. The molecule has 0 heterocycles. The SMILES string of the molecule is Cc1ccc(C2(c3ccc(C)cc3)C[C@H]2C(=O)Nc2cc([N+](=O)[O-])ccc2C)cc1. The summed E-state index contributed by atoms with van der Waals surface area (Å²) in [6.07, 6.45) is 0.707. The smallest absolute Gasteiger partial charge is 0.271 e. The van der Waals surface area contributed by atoms with Crippen LogP contribution in [-0.4, -0.2) is 10.8 Å². The van der Waals surface area contributed by atoms with Crippen LogP contribution in [0.25, 0.3) is 0 Å². The number of benzene rings is 3. The first-order valence-electron chi connectivity index (χ1n) is 10.0. The molecule has 30 heavy (non-hydrogen) atoms. The normalized spacial score (nSPS) is 16.7. The fraction of sp³-hybridized carbons (Fsp3) is 0.240. The van der Waals surface area contributed by atoms with E-state index in [0.717, 1.165) is 16.7 Å². The fourth-order valence-electron chi connectivity index (χ4n) is 4.16. The minimum Gasteiger partial charge on any atom is -0.325 e. The largest absolute Gasteiger partial charge is 0.325 e. The van der Waals surface area contributed by atoms with E-state index in [1.54, 1.807) is 6.07 Å². The number of nitrogens with one attached hydrogen (secondary N) is 1. The van der Waals surface area contributed by atoms with Crippen molar-refractivity contribution < 1.29 is 9.72 Å². The summed E-state index contributed by atoms with van der Waals surface area (Å²) >= 11 is 0. The molecular weight excluding hydrogens is 376 g/mol. The highest BCUT2D eigenvalue weighted by molar-refractivity contribution is 5.97. The topological polar surface area (TPSA) is 72.2 Å². The van der Waals surface area contributed by atoms with E-state index in [9.17, 15) is 14.9 Å². The summed E-state index contributed by atoms with van der Waals surface area (Å²) in [6.45, 7) is 5.93. The van der Waals surface area contributed by atoms with Gasteiger partial charge in [0.15, 0.2) is 0 Å². The van der Waals surface area contributed by atoms with Crippen molar-refractivity contribution >= 4 is 17.3 Å². The first-order chi connectivity index (χ1) is 14.3. The van der Waals surface area contributed by atoms with Gasteiger partial charge in [0.05, 0.1) is 16.5 Å². The fourth-order valence-corrected chi connectivity index (χ4v) is 4.16. The second-order valence-corrected chi connectivity index (χ2v) is 8.21. The van der Waals surface area contributed by atoms with E-state index in [-0.39, 0.29) is 22.9 Å². The predicted octanol–water partition coefficient (Wildman–Crippen LogP) is 5.46. The number of aryl methyl sites for hydroxylation is 3. The number of anilines is 1. The quantitative estimate of drug-likeness (QED) is 0.456. The van der Waals surface area contributed by atoms with Crippen molar-refractivity contribution in [3.8, 4) is 0 Å². The lowest BCUT2D eigenvalue weighted by molar-refractivity contribution is -0.384. The van der Waals surface area contributed by atoms with Crippen LogP contribution in [0.5, 0.6) is 0 Å². The van der Waals surface area contributed by atoms with Gasteiger partial charge in [-0.15, -0.1) is 0 Å². The molecule has 0 unspecified atom stereocenters. The van der Waals surface area contributed by atoms with Gasteiger partial charge in [-0.25, -0.2) is 0 Å². The number of hydrogen-bond acceptors (Lipinski definition) is 3. The molecule has 0 radical (unpaired) electrons. The Morgan fingerprint density at radius 2 is 1.47 bits per heavy atom. The maximum atomic E-state index is 13.2. The summed E-state index contributed by atoms with van der Waals surface area (Å²) in [5.41, 5.74) is 5.46.